The van der Waals surface area contributed by atoms with Gasteiger partial charge in [-0.1, -0.05) is 105 Å². The quantitative estimate of drug-likeness (QED) is 0.0199. The first-order valence-electron chi connectivity index (χ1n) is 33.6. The maximum Gasteiger partial charge on any atom is 0.408 e. The number of rotatable bonds is 47. The summed E-state index contributed by atoms with van der Waals surface area (Å²) >= 11 is 0. The second-order valence-corrected chi connectivity index (χ2v) is 26.6. The van der Waals surface area contributed by atoms with Crippen molar-refractivity contribution in [3.05, 3.63) is 108 Å². The lowest BCUT2D eigenvalue weighted by molar-refractivity contribution is -0.159. The van der Waals surface area contributed by atoms with Gasteiger partial charge in [-0.2, -0.15) is 0 Å². The first kappa shape index (κ1) is 84.2. The highest BCUT2D eigenvalue weighted by molar-refractivity contribution is 5.95. The standard InChI is InChI=1S/C73H102N6O20/c1-48(2)40-61(79-68(90)55(41-51-20-14-11-15-21-51)43-56(82)44-75-71(93)99-73(8,9)10)62(84)31-34-65(87)77-60(70(92)98-72(5,6)7)29-33-63(85)74-36-37-94-38-39-95-47-57(83)42-54(67(89)78-58(50(4)81)30-35-66(88)96-45-52-22-16-12-17-23-52)27-32-64(86)76-59(28-26-49(3)80)69(91)97-46-53-24-18-13-19-25-53/h11-25,48,54-55,58-61H,26-47H2,1-10H3,(H,74,85)(H,75,93)(H,76,86)(H,77,87)(H,78,89)(H,79,90). The molecular weight excluding hydrogens is 1280 g/mol. The molecule has 26 nitrogen and oxygen atoms in total. The van der Waals surface area contributed by atoms with E-state index in [4.69, 9.17) is 28.4 Å². The number of esters is 3. The SMILES string of the molecule is CC(=O)CCC(NC(=O)CCC(CC(=O)COCCOCCNC(=O)CCC(NC(=O)CCC(=O)C(CC(C)C)NC(=O)C(CC(=O)CNC(=O)OC(C)(C)C)Cc1ccccc1)C(=O)OC(C)(C)C)C(=O)NC(CCC(=O)OCc1ccccc1)C(C)=O)C(=O)OCc1ccccc1. The molecule has 0 heterocycles. The fourth-order valence-electron chi connectivity index (χ4n) is 9.75. The summed E-state index contributed by atoms with van der Waals surface area (Å²) in [6.07, 6.45) is -3.29. The molecule has 0 saturated carbocycles. The third kappa shape index (κ3) is 38.6. The topological polar surface area (TPSA) is 367 Å². The average molecular weight is 1380 g/mol. The molecule has 544 valence electrons. The van der Waals surface area contributed by atoms with E-state index in [2.05, 4.69) is 31.9 Å². The molecule has 0 spiro atoms. The number of nitrogens with one attached hydrogen (secondary N) is 6. The lowest BCUT2D eigenvalue weighted by Gasteiger charge is -2.25. The number of Topliss-reactive ketones (excluding diaryl/α,β-unsaturated/α-hetero) is 5. The zero-order valence-electron chi connectivity index (χ0n) is 58.9. The van der Waals surface area contributed by atoms with Crippen molar-refractivity contribution in [2.24, 2.45) is 17.8 Å². The number of ketones is 5. The van der Waals surface area contributed by atoms with Crippen LogP contribution in [0.15, 0.2) is 91.0 Å². The molecule has 3 aromatic rings. The van der Waals surface area contributed by atoms with Crippen LogP contribution in [0, 0.1) is 17.8 Å². The van der Waals surface area contributed by atoms with Crippen molar-refractivity contribution in [2.75, 3.05) is 39.5 Å². The van der Waals surface area contributed by atoms with Crippen LogP contribution in [0.2, 0.25) is 0 Å². The minimum atomic E-state index is -1.29. The van der Waals surface area contributed by atoms with Crippen LogP contribution in [0.5, 0.6) is 0 Å². The molecule has 6 atom stereocenters. The van der Waals surface area contributed by atoms with Crippen molar-refractivity contribution in [3.63, 3.8) is 0 Å². The highest BCUT2D eigenvalue weighted by Crippen LogP contribution is 2.20. The Morgan fingerprint density at radius 1 is 0.455 bits per heavy atom. The largest absolute Gasteiger partial charge is 0.461 e. The van der Waals surface area contributed by atoms with Gasteiger partial charge < -0.3 is 65.1 Å². The van der Waals surface area contributed by atoms with Crippen LogP contribution in [0.25, 0.3) is 0 Å². The summed E-state index contributed by atoms with van der Waals surface area (Å²) in [5.74, 6) is -9.76. The first-order chi connectivity index (χ1) is 46.7. The highest BCUT2D eigenvalue weighted by Gasteiger charge is 2.33. The zero-order chi connectivity index (χ0) is 73.5. The predicted molar refractivity (Wildman–Crippen MR) is 363 cm³/mol. The highest BCUT2D eigenvalue weighted by atomic mass is 16.6. The van der Waals surface area contributed by atoms with Crippen molar-refractivity contribution in [2.45, 2.75) is 208 Å². The molecule has 6 amide bonds. The van der Waals surface area contributed by atoms with Gasteiger partial charge in [0.15, 0.2) is 23.1 Å². The average Bonchev–Trinajstić information content (AvgIpc) is 0.900. The Kier molecular flexibility index (Phi) is 38.1. The minimum absolute atomic E-state index is 0.000136. The molecule has 6 unspecified atom stereocenters. The molecule has 6 N–H and O–H groups in total. The van der Waals surface area contributed by atoms with Gasteiger partial charge in [0, 0.05) is 69.7 Å². The van der Waals surface area contributed by atoms with Crippen LogP contribution in [0.1, 0.15) is 169 Å². The van der Waals surface area contributed by atoms with Crippen LogP contribution in [-0.2, 0) is 110 Å². The monoisotopic (exact) mass is 1380 g/mol. The summed E-state index contributed by atoms with van der Waals surface area (Å²) < 4.78 is 32.7. The molecule has 99 heavy (non-hydrogen) atoms. The van der Waals surface area contributed by atoms with Crippen LogP contribution in [0.4, 0.5) is 4.79 Å². The Morgan fingerprint density at radius 3 is 1.54 bits per heavy atom. The van der Waals surface area contributed by atoms with Gasteiger partial charge in [-0.05, 0) is 117 Å². The van der Waals surface area contributed by atoms with Gasteiger partial charge in [0.05, 0.1) is 38.4 Å². The number of benzene rings is 3. The maximum atomic E-state index is 13.9. The van der Waals surface area contributed by atoms with Crippen LogP contribution < -0.4 is 31.9 Å². The first-order valence-corrected chi connectivity index (χ1v) is 33.6. The number of hydrogen-bond acceptors (Lipinski definition) is 20. The van der Waals surface area contributed by atoms with Crippen LogP contribution in [-0.4, -0.2) is 157 Å². The summed E-state index contributed by atoms with van der Waals surface area (Å²) in [5.41, 5.74) is 0.441. The maximum absolute atomic E-state index is 13.9. The van der Waals surface area contributed by atoms with E-state index >= 15 is 0 Å². The van der Waals surface area contributed by atoms with Gasteiger partial charge >= 0.3 is 24.0 Å². The van der Waals surface area contributed by atoms with Crippen LogP contribution >= 0.6 is 0 Å². The fraction of sp³-hybridized carbons (Fsp3) is 0.562. The van der Waals surface area contributed by atoms with Gasteiger partial charge in [-0.15, -0.1) is 0 Å². The predicted octanol–water partition coefficient (Wildman–Crippen LogP) is 6.52. The van der Waals surface area contributed by atoms with Gasteiger partial charge in [0.2, 0.25) is 29.5 Å². The molecule has 0 radical (unpaired) electrons. The Hall–Kier alpha value is -9.04. The van der Waals surface area contributed by atoms with Crippen molar-refractivity contribution < 1.29 is 95.5 Å². The van der Waals surface area contributed by atoms with E-state index in [1.54, 1.807) is 126 Å². The second kappa shape index (κ2) is 44.8. The van der Waals surface area contributed by atoms with E-state index < -0.39 is 137 Å². The smallest absolute Gasteiger partial charge is 0.408 e. The van der Waals surface area contributed by atoms with Gasteiger partial charge in [0.25, 0.3) is 0 Å². The summed E-state index contributed by atoms with van der Waals surface area (Å²) in [6, 6.07) is 22.1. The zero-order valence-corrected chi connectivity index (χ0v) is 58.9. The van der Waals surface area contributed by atoms with E-state index in [1.165, 1.54) is 13.8 Å². The number of alkyl carbamates (subject to hydrolysis) is 1. The molecule has 0 aliphatic rings. The molecule has 0 aliphatic heterocycles. The lowest BCUT2D eigenvalue weighted by Crippen LogP contribution is -2.47. The Bertz CT molecular complexity index is 3130. The lowest BCUT2D eigenvalue weighted by atomic mass is 9.91. The Labute approximate surface area is 580 Å². The third-order valence-corrected chi connectivity index (χ3v) is 14.8. The molecule has 26 heteroatoms. The molecule has 0 bridgehead atoms. The number of carbonyl (C=O) groups is 14. The number of amides is 6. The van der Waals surface area contributed by atoms with Gasteiger partial charge in [-0.25, -0.2) is 14.4 Å². The van der Waals surface area contributed by atoms with E-state index in [-0.39, 0.29) is 141 Å². The van der Waals surface area contributed by atoms with E-state index in [0.29, 0.717) is 5.56 Å². The molecule has 3 rings (SSSR count). The minimum Gasteiger partial charge on any atom is -0.461 e. The Morgan fingerprint density at radius 2 is 0.960 bits per heavy atom. The normalized spacial score (nSPS) is 13.1. The molecule has 0 aromatic heterocycles. The van der Waals surface area contributed by atoms with Gasteiger partial charge in [0.1, 0.15) is 48.9 Å². The molecular formula is C73H102N6O20. The van der Waals surface area contributed by atoms with Crippen molar-refractivity contribution >= 4 is 82.5 Å². The van der Waals surface area contributed by atoms with Crippen LogP contribution in [0.3, 0.4) is 0 Å². The molecule has 3 aromatic carbocycles. The van der Waals surface area contributed by atoms with E-state index in [0.717, 1.165) is 11.1 Å². The number of ether oxygens (including phenoxy) is 6. The third-order valence-electron chi connectivity index (χ3n) is 14.8. The van der Waals surface area contributed by atoms with E-state index in [1.807, 2.05) is 19.9 Å². The Balaban J connectivity index is 1.56. The fourth-order valence-corrected chi connectivity index (χ4v) is 9.75. The number of hydrogen-bond donors (Lipinski definition) is 6. The summed E-state index contributed by atoms with van der Waals surface area (Å²) in [6.45, 7) is 15.1. The van der Waals surface area contributed by atoms with Crippen molar-refractivity contribution in [1.82, 2.24) is 31.9 Å². The summed E-state index contributed by atoms with van der Waals surface area (Å²) in [4.78, 5) is 184. The van der Waals surface area contributed by atoms with Crippen molar-refractivity contribution in [1.29, 1.82) is 0 Å². The van der Waals surface area contributed by atoms with Crippen molar-refractivity contribution in [3.8, 4) is 0 Å². The summed E-state index contributed by atoms with van der Waals surface area (Å²) in [7, 11) is 0. The second-order valence-electron chi connectivity index (χ2n) is 26.6. The molecule has 0 aliphatic carbocycles. The van der Waals surface area contributed by atoms with E-state index in [9.17, 15) is 67.1 Å². The molecule has 0 saturated heterocycles. The molecule has 0 fully saturated rings. The summed E-state index contributed by atoms with van der Waals surface area (Å²) in [5, 5.41) is 15.7. The number of carbonyl (C=O) groups excluding carboxylic acids is 14. The van der Waals surface area contributed by atoms with Gasteiger partial charge in [-0.3, -0.25) is 47.9 Å².